The molecule has 0 atom stereocenters. The summed E-state index contributed by atoms with van der Waals surface area (Å²) in [6.45, 7) is 0.343. The van der Waals surface area contributed by atoms with Crippen LogP contribution >= 0.6 is 15.9 Å². The van der Waals surface area contributed by atoms with Gasteiger partial charge < -0.3 is 0 Å². The molecule has 5 nitrogen and oxygen atoms in total. The Kier molecular flexibility index (Phi) is 4.05. The van der Waals surface area contributed by atoms with Crippen molar-refractivity contribution in [1.29, 1.82) is 0 Å². The molecule has 2 rings (SSSR count). The third kappa shape index (κ3) is 3.42. The Balaban J connectivity index is 2.33. The normalized spacial score (nSPS) is 11.9. The maximum absolute atomic E-state index is 12.2. The number of halogens is 1. The van der Waals surface area contributed by atoms with E-state index in [-0.39, 0.29) is 11.3 Å². The molecule has 0 saturated carbocycles. The van der Waals surface area contributed by atoms with Crippen LogP contribution in [-0.2, 0) is 16.4 Å². The molecular formula is C12H13BrN2O3S. The Labute approximate surface area is 119 Å². The minimum Gasteiger partial charge on any atom is -0.299 e. The van der Waals surface area contributed by atoms with Crippen molar-refractivity contribution in [3.05, 3.63) is 39.4 Å². The highest BCUT2D eigenvalue weighted by Crippen LogP contribution is 2.18. The first kappa shape index (κ1) is 14.2. The largest absolute Gasteiger partial charge is 0.299 e. The van der Waals surface area contributed by atoms with E-state index in [0.717, 1.165) is 0 Å². The SMILES string of the molecule is CS(=O)(=O)CCCn1cnc2cccc(Br)c2c1=O. The van der Waals surface area contributed by atoms with Crippen LogP contribution in [-0.4, -0.2) is 30.0 Å². The lowest BCUT2D eigenvalue weighted by Crippen LogP contribution is -2.22. The smallest absolute Gasteiger partial charge is 0.262 e. The van der Waals surface area contributed by atoms with Crippen LogP contribution in [0.1, 0.15) is 6.42 Å². The van der Waals surface area contributed by atoms with E-state index >= 15 is 0 Å². The van der Waals surface area contributed by atoms with E-state index < -0.39 is 9.84 Å². The van der Waals surface area contributed by atoms with Gasteiger partial charge in [0.1, 0.15) is 9.84 Å². The van der Waals surface area contributed by atoms with Crippen LogP contribution in [0.25, 0.3) is 10.9 Å². The summed E-state index contributed by atoms with van der Waals surface area (Å²) < 4.78 is 24.3. The van der Waals surface area contributed by atoms with Gasteiger partial charge in [-0.1, -0.05) is 6.07 Å². The number of benzene rings is 1. The minimum atomic E-state index is -3.00. The van der Waals surface area contributed by atoms with Crippen LogP contribution in [0.5, 0.6) is 0 Å². The summed E-state index contributed by atoms with van der Waals surface area (Å²) in [5, 5.41) is 0.518. The highest BCUT2D eigenvalue weighted by molar-refractivity contribution is 9.10. The molecular weight excluding hydrogens is 332 g/mol. The predicted molar refractivity (Wildman–Crippen MR) is 78.0 cm³/mol. The topological polar surface area (TPSA) is 69.0 Å². The van der Waals surface area contributed by atoms with Crippen molar-refractivity contribution in [3.63, 3.8) is 0 Å². The molecule has 0 fully saturated rings. The maximum atomic E-state index is 12.2. The van der Waals surface area contributed by atoms with Crippen LogP contribution in [0.2, 0.25) is 0 Å². The summed E-state index contributed by atoms with van der Waals surface area (Å²) in [5.41, 5.74) is 0.463. The fourth-order valence-corrected chi connectivity index (χ4v) is 3.00. The first-order valence-corrected chi connectivity index (χ1v) is 8.55. The molecule has 0 aliphatic carbocycles. The number of hydrogen-bond acceptors (Lipinski definition) is 4. The maximum Gasteiger partial charge on any atom is 0.262 e. The molecule has 0 saturated heterocycles. The van der Waals surface area contributed by atoms with Gasteiger partial charge in [0.25, 0.3) is 5.56 Å². The average Bonchev–Trinajstić information content (AvgIpc) is 2.30. The quantitative estimate of drug-likeness (QED) is 0.844. The summed E-state index contributed by atoms with van der Waals surface area (Å²) >= 11 is 3.33. The van der Waals surface area contributed by atoms with Crippen molar-refractivity contribution < 1.29 is 8.42 Å². The van der Waals surface area contributed by atoms with Crippen molar-refractivity contribution in [3.8, 4) is 0 Å². The van der Waals surface area contributed by atoms with Gasteiger partial charge in [-0.3, -0.25) is 9.36 Å². The molecule has 0 aliphatic heterocycles. The number of aryl methyl sites for hydroxylation is 1. The zero-order chi connectivity index (χ0) is 14.0. The van der Waals surface area contributed by atoms with Crippen molar-refractivity contribution in [1.82, 2.24) is 9.55 Å². The van der Waals surface area contributed by atoms with Gasteiger partial charge in [-0.15, -0.1) is 0 Å². The minimum absolute atomic E-state index is 0.0629. The van der Waals surface area contributed by atoms with Crippen LogP contribution in [0.15, 0.2) is 33.8 Å². The molecule has 102 valence electrons. The molecule has 2 aromatic rings. The number of sulfone groups is 1. The van der Waals surface area contributed by atoms with E-state index in [9.17, 15) is 13.2 Å². The lowest BCUT2D eigenvalue weighted by Gasteiger charge is -2.06. The Morgan fingerprint density at radius 3 is 2.79 bits per heavy atom. The Bertz CT molecular complexity index is 768. The van der Waals surface area contributed by atoms with Crippen molar-refractivity contribution in [2.75, 3.05) is 12.0 Å². The van der Waals surface area contributed by atoms with Crippen LogP contribution in [0.4, 0.5) is 0 Å². The van der Waals surface area contributed by atoms with Gasteiger partial charge >= 0.3 is 0 Å². The second-order valence-corrected chi connectivity index (χ2v) is 7.47. The van der Waals surface area contributed by atoms with E-state index in [4.69, 9.17) is 0 Å². The molecule has 19 heavy (non-hydrogen) atoms. The first-order chi connectivity index (χ1) is 8.88. The van der Waals surface area contributed by atoms with Crippen molar-refractivity contribution >= 4 is 36.7 Å². The molecule has 0 radical (unpaired) electrons. The van der Waals surface area contributed by atoms with Crippen molar-refractivity contribution in [2.24, 2.45) is 0 Å². The van der Waals surface area contributed by atoms with Gasteiger partial charge in [-0.25, -0.2) is 13.4 Å². The lowest BCUT2D eigenvalue weighted by molar-refractivity contribution is 0.588. The summed E-state index contributed by atoms with van der Waals surface area (Å²) in [5.74, 6) is 0.0629. The summed E-state index contributed by atoms with van der Waals surface area (Å²) in [6.07, 6.45) is 3.04. The van der Waals surface area contributed by atoms with E-state index in [1.54, 1.807) is 12.1 Å². The fraction of sp³-hybridized carbons (Fsp3) is 0.333. The standard InChI is InChI=1S/C12H13BrN2O3S/c1-19(17,18)7-3-6-15-8-14-10-5-2-4-9(13)11(10)12(15)16/h2,4-5,8H,3,6-7H2,1H3. The third-order valence-corrected chi connectivity index (χ3v) is 4.41. The molecule has 0 aliphatic rings. The van der Waals surface area contributed by atoms with E-state index in [0.29, 0.717) is 28.3 Å². The Morgan fingerprint density at radius 2 is 2.11 bits per heavy atom. The van der Waals surface area contributed by atoms with Gasteiger partial charge in [0, 0.05) is 17.3 Å². The summed E-state index contributed by atoms with van der Waals surface area (Å²) in [6, 6.07) is 5.36. The molecule has 0 bridgehead atoms. The highest BCUT2D eigenvalue weighted by atomic mass is 79.9. The van der Waals surface area contributed by atoms with E-state index in [1.165, 1.54) is 17.2 Å². The van der Waals surface area contributed by atoms with Gasteiger partial charge in [0.2, 0.25) is 0 Å². The first-order valence-electron chi connectivity index (χ1n) is 5.70. The Hall–Kier alpha value is -1.21. The van der Waals surface area contributed by atoms with Crippen LogP contribution < -0.4 is 5.56 Å². The third-order valence-electron chi connectivity index (χ3n) is 2.72. The fourth-order valence-electron chi connectivity index (χ4n) is 1.82. The Morgan fingerprint density at radius 1 is 1.37 bits per heavy atom. The zero-order valence-electron chi connectivity index (χ0n) is 10.3. The molecule has 1 aromatic heterocycles. The molecule has 7 heteroatoms. The lowest BCUT2D eigenvalue weighted by atomic mass is 10.2. The molecule has 0 unspecified atom stereocenters. The van der Waals surface area contributed by atoms with Gasteiger partial charge in [0.15, 0.2) is 0 Å². The molecule has 0 amide bonds. The number of rotatable bonds is 4. The second-order valence-electron chi connectivity index (χ2n) is 4.36. The van der Waals surface area contributed by atoms with Gasteiger partial charge in [-0.2, -0.15) is 0 Å². The zero-order valence-corrected chi connectivity index (χ0v) is 12.7. The molecule has 0 spiro atoms. The summed E-state index contributed by atoms with van der Waals surface area (Å²) in [7, 11) is -3.00. The molecule has 0 N–H and O–H groups in total. The predicted octanol–water partition coefficient (Wildman–Crippen LogP) is 1.59. The van der Waals surface area contributed by atoms with Gasteiger partial charge in [-0.05, 0) is 34.5 Å². The average molecular weight is 345 g/mol. The molecule has 1 aromatic carbocycles. The highest BCUT2D eigenvalue weighted by Gasteiger charge is 2.08. The van der Waals surface area contributed by atoms with E-state index in [2.05, 4.69) is 20.9 Å². The number of hydrogen-bond donors (Lipinski definition) is 0. The number of aromatic nitrogens is 2. The summed E-state index contributed by atoms with van der Waals surface area (Å²) in [4.78, 5) is 16.4. The monoisotopic (exact) mass is 344 g/mol. The van der Waals surface area contributed by atoms with Crippen molar-refractivity contribution in [2.45, 2.75) is 13.0 Å². The van der Waals surface area contributed by atoms with Crippen LogP contribution in [0, 0.1) is 0 Å². The van der Waals surface area contributed by atoms with E-state index in [1.807, 2.05) is 6.07 Å². The van der Waals surface area contributed by atoms with Crippen LogP contribution in [0.3, 0.4) is 0 Å². The number of nitrogens with zero attached hydrogens (tertiary/aromatic N) is 2. The second kappa shape index (κ2) is 5.42. The van der Waals surface area contributed by atoms with Gasteiger partial charge in [0.05, 0.1) is 23.0 Å². The molecule has 1 heterocycles. The number of fused-ring (bicyclic) bond motifs is 1.